The largest absolute Gasteiger partial charge is 0.480 e. The maximum atomic E-state index is 11.9. The van der Waals surface area contributed by atoms with Crippen LogP contribution < -0.4 is 5.32 Å². The highest BCUT2D eigenvalue weighted by Crippen LogP contribution is 2.10. The Morgan fingerprint density at radius 3 is 2.26 bits per heavy atom. The van der Waals surface area contributed by atoms with E-state index in [1.807, 2.05) is 6.92 Å². The Hall–Kier alpha value is -1.88. The summed E-state index contributed by atoms with van der Waals surface area (Å²) >= 11 is 0. The van der Waals surface area contributed by atoms with Crippen molar-refractivity contribution in [1.29, 1.82) is 0 Å². The van der Waals surface area contributed by atoms with Crippen LogP contribution in [0.15, 0.2) is 24.3 Å². The van der Waals surface area contributed by atoms with E-state index in [1.54, 1.807) is 31.2 Å². The fourth-order valence-corrected chi connectivity index (χ4v) is 1.67. The topological polar surface area (TPSA) is 86.6 Å². The lowest BCUT2D eigenvalue weighted by Crippen LogP contribution is -2.45. The van der Waals surface area contributed by atoms with E-state index in [-0.39, 0.29) is 12.5 Å². The van der Waals surface area contributed by atoms with Crippen LogP contribution in [0.25, 0.3) is 0 Å². The Labute approximate surface area is 112 Å². The van der Waals surface area contributed by atoms with Crippen molar-refractivity contribution in [3.8, 4) is 0 Å². The molecule has 104 valence electrons. The minimum Gasteiger partial charge on any atom is -0.480 e. The van der Waals surface area contributed by atoms with Gasteiger partial charge in [0.1, 0.15) is 6.04 Å². The molecule has 0 aliphatic carbocycles. The van der Waals surface area contributed by atoms with Gasteiger partial charge in [-0.25, -0.2) is 4.79 Å². The van der Waals surface area contributed by atoms with E-state index >= 15 is 0 Å². The first-order chi connectivity index (χ1) is 8.99. The molecule has 0 saturated carbocycles. The summed E-state index contributed by atoms with van der Waals surface area (Å²) < 4.78 is 0. The molecule has 5 heteroatoms. The van der Waals surface area contributed by atoms with Gasteiger partial charge in [0.2, 0.25) is 0 Å². The minimum atomic E-state index is -1.03. The molecule has 19 heavy (non-hydrogen) atoms. The smallest absolute Gasteiger partial charge is 0.326 e. The average molecular weight is 265 g/mol. The number of carboxylic acids is 1. The normalized spacial score (nSPS) is 13.6. The predicted molar refractivity (Wildman–Crippen MR) is 70.7 cm³/mol. The van der Waals surface area contributed by atoms with Gasteiger partial charge in [0.15, 0.2) is 0 Å². The van der Waals surface area contributed by atoms with Gasteiger partial charge in [-0.3, -0.25) is 4.79 Å². The molecule has 3 N–H and O–H groups in total. The number of carbonyl (C=O) groups excluding carboxylic acids is 1. The third-order valence-corrected chi connectivity index (χ3v) is 3.16. The van der Waals surface area contributed by atoms with Crippen molar-refractivity contribution in [3.63, 3.8) is 0 Å². The summed E-state index contributed by atoms with van der Waals surface area (Å²) in [7, 11) is 0. The molecule has 1 aromatic carbocycles. The number of aliphatic hydroxyl groups excluding tert-OH is 1. The molecule has 0 radical (unpaired) electrons. The highest BCUT2D eigenvalue weighted by atomic mass is 16.4. The molecule has 0 fully saturated rings. The van der Waals surface area contributed by atoms with E-state index in [4.69, 9.17) is 10.2 Å². The van der Waals surface area contributed by atoms with Crippen molar-refractivity contribution in [1.82, 2.24) is 5.32 Å². The Balaban J connectivity index is 2.78. The van der Waals surface area contributed by atoms with E-state index in [0.29, 0.717) is 17.5 Å². The highest BCUT2D eigenvalue weighted by molar-refractivity contribution is 5.96. The molecule has 1 aromatic rings. The van der Waals surface area contributed by atoms with Crippen molar-refractivity contribution in [2.24, 2.45) is 5.92 Å². The molecule has 2 atom stereocenters. The molecule has 5 nitrogen and oxygen atoms in total. The van der Waals surface area contributed by atoms with Gasteiger partial charge in [-0.2, -0.15) is 0 Å². The molecule has 1 rings (SSSR count). The number of hydrogen-bond acceptors (Lipinski definition) is 3. The molecule has 0 aliphatic rings. The first-order valence-electron chi connectivity index (χ1n) is 6.23. The van der Waals surface area contributed by atoms with E-state index in [0.717, 1.165) is 0 Å². The van der Waals surface area contributed by atoms with Crippen molar-refractivity contribution in [3.05, 3.63) is 35.4 Å². The number of amides is 1. The number of benzene rings is 1. The maximum Gasteiger partial charge on any atom is 0.326 e. The van der Waals surface area contributed by atoms with E-state index in [9.17, 15) is 9.59 Å². The van der Waals surface area contributed by atoms with Gasteiger partial charge in [-0.05, 0) is 23.6 Å². The van der Waals surface area contributed by atoms with Gasteiger partial charge in [-0.1, -0.05) is 32.4 Å². The molecule has 0 spiro atoms. The number of aliphatic hydroxyl groups is 1. The fourth-order valence-electron chi connectivity index (χ4n) is 1.67. The lowest BCUT2D eigenvalue weighted by atomic mass is 9.99. The van der Waals surface area contributed by atoms with Crippen LogP contribution in [-0.4, -0.2) is 28.1 Å². The van der Waals surface area contributed by atoms with Crippen LogP contribution in [0.4, 0.5) is 0 Å². The van der Waals surface area contributed by atoms with Crippen LogP contribution in [-0.2, 0) is 11.4 Å². The Morgan fingerprint density at radius 1 is 1.26 bits per heavy atom. The molecule has 0 bridgehead atoms. The summed E-state index contributed by atoms with van der Waals surface area (Å²) in [6.07, 6.45) is 0.667. The van der Waals surface area contributed by atoms with Crippen LogP contribution >= 0.6 is 0 Å². The Kier molecular flexibility index (Phi) is 5.51. The van der Waals surface area contributed by atoms with Crippen LogP contribution in [0, 0.1) is 5.92 Å². The molecular formula is C14H19NO4. The van der Waals surface area contributed by atoms with Gasteiger partial charge in [0, 0.05) is 5.56 Å². The van der Waals surface area contributed by atoms with E-state index in [2.05, 4.69) is 5.32 Å². The second-order valence-corrected chi connectivity index (χ2v) is 4.53. The van der Waals surface area contributed by atoms with Crippen LogP contribution in [0.5, 0.6) is 0 Å². The summed E-state index contributed by atoms with van der Waals surface area (Å²) in [5, 5.41) is 20.5. The zero-order chi connectivity index (χ0) is 14.4. The van der Waals surface area contributed by atoms with Crippen molar-refractivity contribution in [2.45, 2.75) is 32.9 Å². The summed E-state index contributed by atoms with van der Waals surface area (Å²) in [4.78, 5) is 23.1. The summed E-state index contributed by atoms with van der Waals surface area (Å²) in [6, 6.07) is 5.50. The zero-order valence-electron chi connectivity index (χ0n) is 11.1. The van der Waals surface area contributed by atoms with Gasteiger partial charge in [0.25, 0.3) is 5.91 Å². The summed E-state index contributed by atoms with van der Waals surface area (Å²) in [5.41, 5.74) is 1.08. The lowest BCUT2D eigenvalue weighted by Gasteiger charge is -2.20. The van der Waals surface area contributed by atoms with E-state index < -0.39 is 17.9 Å². The first-order valence-corrected chi connectivity index (χ1v) is 6.23. The molecule has 0 unspecified atom stereocenters. The van der Waals surface area contributed by atoms with Gasteiger partial charge >= 0.3 is 5.97 Å². The average Bonchev–Trinajstić information content (AvgIpc) is 2.43. The van der Waals surface area contributed by atoms with Gasteiger partial charge in [-0.15, -0.1) is 0 Å². The fraction of sp³-hybridized carbons (Fsp3) is 0.429. The standard InChI is InChI=1S/C14H19NO4/c1-3-9(2)12(14(18)19)15-13(17)11-6-4-10(8-16)5-7-11/h4-7,9,12,16H,3,8H2,1-2H3,(H,15,17)(H,18,19)/t9-,12-/m0/s1. The molecule has 0 aliphatic heterocycles. The number of rotatable bonds is 6. The van der Waals surface area contributed by atoms with Crippen LogP contribution in [0.3, 0.4) is 0 Å². The number of hydrogen-bond donors (Lipinski definition) is 3. The van der Waals surface area contributed by atoms with Crippen LogP contribution in [0.2, 0.25) is 0 Å². The number of nitrogens with one attached hydrogen (secondary N) is 1. The second kappa shape index (κ2) is 6.89. The van der Waals surface area contributed by atoms with Gasteiger partial charge in [0.05, 0.1) is 6.61 Å². The maximum absolute atomic E-state index is 11.9. The molecule has 0 heterocycles. The van der Waals surface area contributed by atoms with E-state index in [1.165, 1.54) is 0 Å². The van der Waals surface area contributed by atoms with Crippen molar-refractivity contribution < 1.29 is 19.8 Å². The van der Waals surface area contributed by atoms with Crippen molar-refractivity contribution in [2.75, 3.05) is 0 Å². The third kappa shape index (κ3) is 4.06. The molecule has 0 aromatic heterocycles. The number of carbonyl (C=O) groups is 2. The highest BCUT2D eigenvalue weighted by Gasteiger charge is 2.25. The van der Waals surface area contributed by atoms with Crippen LogP contribution in [0.1, 0.15) is 36.2 Å². The lowest BCUT2D eigenvalue weighted by molar-refractivity contribution is -0.140. The summed E-state index contributed by atoms with van der Waals surface area (Å²) in [5.74, 6) is -1.59. The predicted octanol–water partition coefficient (Wildman–Crippen LogP) is 1.41. The monoisotopic (exact) mass is 265 g/mol. The minimum absolute atomic E-state index is 0.0908. The first kappa shape index (κ1) is 15.2. The SMILES string of the molecule is CC[C@H](C)[C@H](NC(=O)c1ccc(CO)cc1)C(=O)O. The molecule has 0 saturated heterocycles. The zero-order valence-corrected chi connectivity index (χ0v) is 11.1. The van der Waals surface area contributed by atoms with Gasteiger partial charge < -0.3 is 15.5 Å². The number of carboxylic acid groups (broad SMARTS) is 1. The Morgan fingerprint density at radius 2 is 1.84 bits per heavy atom. The summed E-state index contributed by atoms with van der Waals surface area (Å²) in [6.45, 7) is 3.57. The van der Waals surface area contributed by atoms with Crippen molar-refractivity contribution >= 4 is 11.9 Å². The quantitative estimate of drug-likeness (QED) is 0.725. The molecule has 1 amide bonds. The second-order valence-electron chi connectivity index (χ2n) is 4.53. The number of aliphatic carboxylic acids is 1. The Bertz CT molecular complexity index is 441. The third-order valence-electron chi connectivity index (χ3n) is 3.16. The molecular weight excluding hydrogens is 246 g/mol.